The van der Waals surface area contributed by atoms with Crippen LogP contribution in [0.3, 0.4) is 0 Å². The number of nitrogens with zero attached hydrogens (tertiary/aromatic N) is 3. The standard InChI is InChI=1S/C25H36N4O14/c1-10(30)37-17-14(40-23(36-6)21(39-12(3)32)20(17)38-11(2)31)9-29-8-13(27-28-29)7-26-22(35)16(34)18-15(33)19-24(41-18)43-25(4,5)42-19/h8,14-21,23-24,33-34H,7,9H2,1-6H3,(H,26,35)/t14-,15+,16+,17-,18+,19-,20+,21-,23+,24-/m1/s1. The predicted molar refractivity (Wildman–Crippen MR) is 135 cm³/mol. The van der Waals surface area contributed by atoms with Crippen molar-refractivity contribution in [3.05, 3.63) is 11.9 Å². The first-order valence-electron chi connectivity index (χ1n) is 13.4. The van der Waals surface area contributed by atoms with E-state index in [0.29, 0.717) is 0 Å². The van der Waals surface area contributed by atoms with Crippen LogP contribution in [0.5, 0.6) is 0 Å². The summed E-state index contributed by atoms with van der Waals surface area (Å²) in [4.78, 5) is 48.2. The van der Waals surface area contributed by atoms with Gasteiger partial charge in [-0.25, -0.2) is 4.68 Å². The van der Waals surface area contributed by atoms with Gasteiger partial charge in [0.1, 0.15) is 30.1 Å². The average molecular weight is 617 g/mol. The molecule has 0 aliphatic carbocycles. The number of fused-ring (bicyclic) bond motifs is 1. The van der Waals surface area contributed by atoms with E-state index in [1.165, 1.54) is 18.0 Å². The van der Waals surface area contributed by atoms with Crippen LogP contribution in [0.25, 0.3) is 0 Å². The van der Waals surface area contributed by atoms with Gasteiger partial charge in [-0.05, 0) is 13.8 Å². The summed E-state index contributed by atoms with van der Waals surface area (Å²) in [7, 11) is 1.29. The smallest absolute Gasteiger partial charge is 0.303 e. The zero-order valence-electron chi connectivity index (χ0n) is 24.4. The van der Waals surface area contributed by atoms with E-state index in [1.54, 1.807) is 13.8 Å². The zero-order valence-corrected chi connectivity index (χ0v) is 24.4. The highest BCUT2D eigenvalue weighted by Crippen LogP contribution is 2.38. The van der Waals surface area contributed by atoms with Gasteiger partial charge in [-0.2, -0.15) is 0 Å². The molecule has 43 heavy (non-hydrogen) atoms. The first-order valence-corrected chi connectivity index (χ1v) is 13.4. The number of rotatable bonds is 10. The lowest BCUT2D eigenvalue weighted by Crippen LogP contribution is -2.62. The summed E-state index contributed by atoms with van der Waals surface area (Å²) in [6.45, 7) is 6.50. The molecule has 1 amide bonds. The Hall–Kier alpha value is -3.26. The summed E-state index contributed by atoms with van der Waals surface area (Å²) in [5.41, 5.74) is 0.274. The fourth-order valence-corrected chi connectivity index (χ4v) is 5.09. The molecule has 4 rings (SSSR count). The lowest BCUT2D eigenvalue weighted by atomic mass is 9.97. The Morgan fingerprint density at radius 3 is 2.26 bits per heavy atom. The van der Waals surface area contributed by atoms with Crippen molar-refractivity contribution in [3.63, 3.8) is 0 Å². The maximum Gasteiger partial charge on any atom is 0.303 e. The monoisotopic (exact) mass is 616 g/mol. The van der Waals surface area contributed by atoms with Crippen LogP contribution in [-0.2, 0) is 70.2 Å². The average Bonchev–Trinajstić information content (AvgIpc) is 3.57. The summed E-state index contributed by atoms with van der Waals surface area (Å²) in [5, 5.41) is 31.5. The van der Waals surface area contributed by atoms with Crippen molar-refractivity contribution >= 4 is 23.8 Å². The van der Waals surface area contributed by atoms with Crippen molar-refractivity contribution < 1.29 is 67.3 Å². The molecule has 18 nitrogen and oxygen atoms in total. The van der Waals surface area contributed by atoms with Crippen LogP contribution in [0.4, 0.5) is 0 Å². The molecule has 0 unspecified atom stereocenters. The zero-order chi connectivity index (χ0) is 31.6. The fourth-order valence-electron chi connectivity index (χ4n) is 5.09. The molecule has 3 fully saturated rings. The molecule has 1 aromatic rings. The molecule has 0 saturated carbocycles. The van der Waals surface area contributed by atoms with Gasteiger partial charge in [0.25, 0.3) is 5.91 Å². The van der Waals surface area contributed by atoms with Crippen LogP contribution >= 0.6 is 0 Å². The maximum absolute atomic E-state index is 12.6. The van der Waals surface area contributed by atoms with Gasteiger partial charge in [0.2, 0.25) is 0 Å². The SMILES string of the molecule is CO[C@H]1O[C@H](Cn2cc(CNC(=O)[C@@H](O)[C@H]3O[C@@H]4OC(C)(C)O[C@@H]4[C@H]3O)nn2)[C@@H](OC(C)=O)[C@H](OC(C)=O)[C@H]1OC(C)=O. The number of aromatic nitrogens is 3. The maximum atomic E-state index is 12.6. The Bertz CT molecular complexity index is 1190. The van der Waals surface area contributed by atoms with Crippen molar-refractivity contribution in [3.8, 4) is 0 Å². The van der Waals surface area contributed by atoms with E-state index in [4.69, 9.17) is 37.9 Å². The number of methoxy groups -OCH3 is 1. The molecule has 3 aliphatic rings. The molecule has 3 N–H and O–H groups in total. The molecule has 0 bridgehead atoms. The van der Waals surface area contributed by atoms with E-state index in [2.05, 4.69) is 15.6 Å². The normalized spacial score (nSPS) is 33.7. The molecule has 10 atom stereocenters. The highest BCUT2D eigenvalue weighted by molar-refractivity contribution is 5.81. The summed E-state index contributed by atoms with van der Waals surface area (Å²) < 4.78 is 45.3. The molecule has 18 heteroatoms. The summed E-state index contributed by atoms with van der Waals surface area (Å²) in [6, 6.07) is 0. The second-order valence-electron chi connectivity index (χ2n) is 10.7. The third-order valence-electron chi connectivity index (χ3n) is 6.76. The number of esters is 3. The first kappa shape index (κ1) is 32.6. The highest BCUT2D eigenvalue weighted by Gasteiger charge is 2.57. The number of carbonyl (C=O) groups is 4. The molecule has 240 valence electrons. The molecule has 1 aromatic heterocycles. The summed E-state index contributed by atoms with van der Waals surface area (Å²) in [5.74, 6) is -3.96. The van der Waals surface area contributed by atoms with Crippen molar-refractivity contribution in [2.45, 2.75) is 115 Å². The van der Waals surface area contributed by atoms with Gasteiger partial charge in [-0.15, -0.1) is 5.10 Å². The Labute approximate surface area is 245 Å². The largest absolute Gasteiger partial charge is 0.456 e. The molecular formula is C25H36N4O14. The van der Waals surface area contributed by atoms with Gasteiger partial charge < -0.3 is 53.4 Å². The minimum absolute atomic E-state index is 0.0901. The minimum Gasteiger partial charge on any atom is -0.456 e. The van der Waals surface area contributed by atoms with Crippen LogP contribution in [0.15, 0.2) is 6.20 Å². The van der Waals surface area contributed by atoms with Crippen LogP contribution in [-0.4, -0.2) is 123 Å². The van der Waals surface area contributed by atoms with Gasteiger partial charge in [0.15, 0.2) is 42.8 Å². The quantitative estimate of drug-likeness (QED) is 0.185. The number of ether oxygens (including phenoxy) is 8. The van der Waals surface area contributed by atoms with E-state index in [1.807, 2.05) is 0 Å². The molecule has 4 heterocycles. The Morgan fingerprint density at radius 2 is 1.65 bits per heavy atom. The Kier molecular flexibility index (Phi) is 10.00. The molecule has 0 aromatic carbocycles. The van der Waals surface area contributed by atoms with Crippen molar-refractivity contribution in [1.82, 2.24) is 20.3 Å². The topological polar surface area (TPSA) is 225 Å². The molecule has 0 radical (unpaired) electrons. The number of carbonyl (C=O) groups excluding carboxylic acids is 4. The Morgan fingerprint density at radius 1 is 1.02 bits per heavy atom. The number of hydrogen-bond donors (Lipinski definition) is 3. The lowest BCUT2D eigenvalue weighted by molar-refractivity contribution is -0.300. The van der Waals surface area contributed by atoms with Crippen LogP contribution in [0.2, 0.25) is 0 Å². The van der Waals surface area contributed by atoms with Gasteiger partial charge in [-0.1, -0.05) is 5.21 Å². The van der Waals surface area contributed by atoms with Crippen molar-refractivity contribution in [1.29, 1.82) is 0 Å². The molecule has 3 aliphatic heterocycles. The van der Waals surface area contributed by atoms with Gasteiger partial charge in [0.05, 0.1) is 19.3 Å². The van der Waals surface area contributed by atoms with Gasteiger partial charge in [0, 0.05) is 27.9 Å². The number of nitrogens with one attached hydrogen (secondary N) is 1. The molecule has 0 spiro atoms. The number of hydrogen-bond acceptors (Lipinski definition) is 16. The second kappa shape index (κ2) is 13.2. The molecular weight excluding hydrogens is 580 g/mol. The predicted octanol–water partition coefficient (Wildman–Crippen LogP) is -2.34. The minimum atomic E-state index is -1.74. The summed E-state index contributed by atoms with van der Waals surface area (Å²) >= 11 is 0. The van der Waals surface area contributed by atoms with E-state index >= 15 is 0 Å². The first-order chi connectivity index (χ1) is 20.2. The van der Waals surface area contributed by atoms with Crippen LogP contribution < -0.4 is 5.32 Å². The van der Waals surface area contributed by atoms with Gasteiger partial charge in [-0.3, -0.25) is 19.2 Å². The Balaban J connectivity index is 1.40. The highest BCUT2D eigenvalue weighted by atomic mass is 16.8. The van der Waals surface area contributed by atoms with E-state index in [0.717, 1.165) is 20.8 Å². The fraction of sp³-hybridized carbons (Fsp3) is 0.760. The second-order valence-corrected chi connectivity index (χ2v) is 10.7. The number of aliphatic hydroxyl groups excluding tert-OH is 2. The van der Waals surface area contributed by atoms with Crippen molar-refractivity contribution in [2.24, 2.45) is 0 Å². The van der Waals surface area contributed by atoms with Crippen LogP contribution in [0.1, 0.15) is 40.3 Å². The van der Waals surface area contributed by atoms with E-state index < -0.39 is 91.0 Å². The van der Waals surface area contributed by atoms with Crippen LogP contribution in [0, 0.1) is 0 Å². The number of amides is 1. The third-order valence-corrected chi connectivity index (χ3v) is 6.76. The third kappa shape index (κ3) is 7.64. The van der Waals surface area contributed by atoms with Gasteiger partial charge >= 0.3 is 17.9 Å². The van der Waals surface area contributed by atoms with E-state index in [9.17, 15) is 29.4 Å². The van der Waals surface area contributed by atoms with Crippen molar-refractivity contribution in [2.75, 3.05) is 7.11 Å². The lowest BCUT2D eigenvalue weighted by Gasteiger charge is -2.43. The van der Waals surface area contributed by atoms with E-state index in [-0.39, 0.29) is 18.8 Å². The number of aliphatic hydroxyl groups is 2. The molecule has 3 saturated heterocycles. The summed E-state index contributed by atoms with van der Waals surface area (Å²) in [6.07, 6.45) is -10.6.